The van der Waals surface area contributed by atoms with Gasteiger partial charge in [-0.1, -0.05) is 11.2 Å². The molecule has 0 fully saturated rings. The van der Waals surface area contributed by atoms with Crippen molar-refractivity contribution in [2.45, 2.75) is 17.7 Å². The molecular formula is C20H21NO5S. The van der Waals surface area contributed by atoms with Gasteiger partial charge in [-0.05, 0) is 48.4 Å². The van der Waals surface area contributed by atoms with Gasteiger partial charge in [0, 0.05) is 11.1 Å². The third-order valence-corrected chi connectivity index (χ3v) is 5.45. The molecule has 0 unspecified atom stereocenters. The fourth-order valence-electron chi connectivity index (χ4n) is 3.43. The smallest absolute Gasteiger partial charge is 0.203 e. The van der Waals surface area contributed by atoms with Crippen LogP contribution in [0.4, 0.5) is 0 Å². The van der Waals surface area contributed by atoms with E-state index in [1.165, 1.54) is 17.8 Å². The fourth-order valence-corrected chi connectivity index (χ4v) is 3.89. The van der Waals surface area contributed by atoms with Crippen LogP contribution >= 0.6 is 11.8 Å². The number of hydrogen-bond acceptors (Lipinski definition) is 7. The normalized spacial score (nSPS) is 14.1. The summed E-state index contributed by atoms with van der Waals surface area (Å²) in [6, 6.07) is 7.08. The number of oxime groups is 1. The summed E-state index contributed by atoms with van der Waals surface area (Å²) < 4.78 is 16.7. The minimum absolute atomic E-state index is 0.118. The summed E-state index contributed by atoms with van der Waals surface area (Å²) in [6.45, 7) is 0. The van der Waals surface area contributed by atoms with Gasteiger partial charge < -0.3 is 19.4 Å². The lowest BCUT2D eigenvalue weighted by molar-refractivity contribution is 0.318. The lowest BCUT2D eigenvalue weighted by Crippen LogP contribution is -2.05. The zero-order valence-corrected chi connectivity index (χ0v) is 16.5. The van der Waals surface area contributed by atoms with E-state index < -0.39 is 0 Å². The Bertz CT molecular complexity index is 971. The Labute approximate surface area is 161 Å². The molecule has 27 heavy (non-hydrogen) atoms. The van der Waals surface area contributed by atoms with E-state index in [1.54, 1.807) is 27.4 Å². The Hall–Kier alpha value is -2.67. The Morgan fingerprint density at radius 1 is 1.00 bits per heavy atom. The van der Waals surface area contributed by atoms with Crippen molar-refractivity contribution in [3.05, 3.63) is 45.6 Å². The van der Waals surface area contributed by atoms with Crippen molar-refractivity contribution in [1.82, 2.24) is 0 Å². The fraction of sp³-hybridized carbons (Fsp3) is 0.300. The third kappa shape index (κ3) is 3.23. The minimum atomic E-state index is -0.118. The quantitative estimate of drug-likeness (QED) is 0.491. The number of thioether (sulfide) groups is 1. The van der Waals surface area contributed by atoms with Crippen molar-refractivity contribution in [2.24, 2.45) is 5.16 Å². The zero-order valence-electron chi connectivity index (χ0n) is 15.7. The summed E-state index contributed by atoms with van der Waals surface area (Å²) in [7, 11) is 4.69. The summed E-state index contributed by atoms with van der Waals surface area (Å²) in [6.07, 6.45) is 2.94. The second kappa shape index (κ2) is 7.92. The summed E-state index contributed by atoms with van der Waals surface area (Å²) in [5.41, 5.74) is 3.46. The first kappa shape index (κ1) is 19.1. The molecule has 0 saturated heterocycles. The van der Waals surface area contributed by atoms with Gasteiger partial charge in [0.25, 0.3) is 0 Å². The SMILES string of the molecule is COc1cc2c(c(OC)c1OC)-c1ccc(SC)c(=O)cc1/C(=N\O)CC2. The molecule has 0 atom stereocenters. The van der Waals surface area contributed by atoms with Crippen molar-refractivity contribution >= 4 is 17.5 Å². The second-order valence-corrected chi connectivity index (χ2v) is 6.81. The first-order chi connectivity index (χ1) is 13.1. The molecular weight excluding hydrogens is 366 g/mol. The van der Waals surface area contributed by atoms with E-state index in [0.717, 1.165) is 16.7 Å². The molecule has 2 aromatic carbocycles. The van der Waals surface area contributed by atoms with E-state index in [4.69, 9.17) is 14.2 Å². The van der Waals surface area contributed by atoms with Gasteiger partial charge in [-0.25, -0.2) is 0 Å². The molecule has 0 aliphatic heterocycles. The van der Waals surface area contributed by atoms with Gasteiger partial charge in [-0.2, -0.15) is 0 Å². The van der Waals surface area contributed by atoms with Crippen LogP contribution in [0.1, 0.15) is 17.5 Å². The summed E-state index contributed by atoms with van der Waals surface area (Å²) in [5, 5.41) is 13.0. The Morgan fingerprint density at radius 2 is 1.74 bits per heavy atom. The molecule has 142 valence electrons. The van der Waals surface area contributed by atoms with Crippen LogP contribution in [-0.4, -0.2) is 38.5 Å². The number of nitrogens with zero attached hydrogens (tertiary/aromatic N) is 1. The average Bonchev–Trinajstić information content (AvgIpc) is 2.94. The van der Waals surface area contributed by atoms with Gasteiger partial charge in [0.1, 0.15) is 0 Å². The summed E-state index contributed by atoms with van der Waals surface area (Å²) >= 11 is 1.38. The van der Waals surface area contributed by atoms with Gasteiger partial charge >= 0.3 is 0 Å². The lowest BCUT2D eigenvalue weighted by atomic mass is 9.96. The van der Waals surface area contributed by atoms with E-state index in [-0.39, 0.29) is 5.43 Å². The van der Waals surface area contributed by atoms with Crippen molar-refractivity contribution in [3.8, 4) is 28.4 Å². The molecule has 0 bridgehead atoms. The van der Waals surface area contributed by atoms with Crippen LogP contribution in [0.3, 0.4) is 0 Å². The summed E-state index contributed by atoms with van der Waals surface area (Å²) in [4.78, 5) is 13.2. The average molecular weight is 387 g/mol. The monoisotopic (exact) mass is 387 g/mol. The number of fused-ring (bicyclic) bond motifs is 3. The van der Waals surface area contributed by atoms with Crippen LogP contribution in [0.25, 0.3) is 11.1 Å². The highest BCUT2D eigenvalue weighted by Crippen LogP contribution is 2.48. The number of rotatable bonds is 4. The topological polar surface area (TPSA) is 77.4 Å². The van der Waals surface area contributed by atoms with E-state index in [0.29, 0.717) is 46.3 Å². The molecule has 3 rings (SSSR count). The predicted molar refractivity (Wildman–Crippen MR) is 106 cm³/mol. The van der Waals surface area contributed by atoms with E-state index in [2.05, 4.69) is 5.16 Å². The highest BCUT2D eigenvalue weighted by molar-refractivity contribution is 7.98. The van der Waals surface area contributed by atoms with Crippen molar-refractivity contribution in [2.75, 3.05) is 27.6 Å². The van der Waals surface area contributed by atoms with Gasteiger partial charge in [-0.3, -0.25) is 4.79 Å². The molecule has 0 amide bonds. The molecule has 0 saturated carbocycles. The Balaban J connectivity index is 2.48. The molecule has 1 aliphatic carbocycles. The Kier molecular flexibility index (Phi) is 5.60. The van der Waals surface area contributed by atoms with Crippen LogP contribution in [0, 0.1) is 0 Å². The van der Waals surface area contributed by atoms with Crippen LogP contribution in [-0.2, 0) is 6.42 Å². The van der Waals surface area contributed by atoms with Crippen LogP contribution < -0.4 is 19.6 Å². The van der Waals surface area contributed by atoms with Crippen LogP contribution in [0.2, 0.25) is 0 Å². The molecule has 6 nitrogen and oxygen atoms in total. The molecule has 7 heteroatoms. The maximum absolute atomic E-state index is 12.6. The first-order valence-corrected chi connectivity index (χ1v) is 9.57. The number of methoxy groups -OCH3 is 3. The van der Waals surface area contributed by atoms with Gasteiger partial charge in [0.05, 0.1) is 31.9 Å². The predicted octanol–water partition coefficient (Wildman–Crippen LogP) is 3.59. The maximum Gasteiger partial charge on any atom is 0.203 e. The molecule has 0 spiro atoms. The number of benzene rings is 1. The lowest BCUT2D eigenvalue weighted by Gasteiger charge is -2.19. The largest absolute Gasteiger partial charge is 0.493 e. The van der Waals surface area contributed by atoms with Gasteiger partial charge in [0.2, 0.25) is 5.75 Å². The second-order valence-electron chi connectivity index (χ2n) is 5.96. The van der Waals surface area contributed by atoms with E-state index in [9.17, 15) is 10.0 Å². The van der Waals surface area contributed by atoms with Crippen LogP contribution in [0.5, 0.6) is 17.2 Å². The summed E-state index contributed by atoms with van der Waals surface area (Å²) in [5.74, 6) is 1.57. The molecule has 0 radical (unpaired) electrons. The van der Waals surface area contributed by atoms with Crippen molar-refractivity contribution in [3.63, 3.8) is 0 Å². The van der Waals surface area contributed by atoms with Crippen LogP contribution in [0.15, 0.2) is 39.1 Å². The van der Waals surface area contributed by atoms with E-state index >= 15 is 0 Å². The molecule has 1 aliphatic rings. The Morgan fingerprint density at radius 3 is 2.33 bits per heavy atom. The van der Waals surface area contributed by atoms with Crippen molar-refractivity contribution < 1.29 is 19.4 Å². The van der Waals surface area contributed by atoms with Gasteiger partial charge in [-0.15, -0.1) is 11.8 Å². The maximum atomic E-state index is 12.6. The van der Waals surface area contributed by atoms with E-state index in [1.807, 2.05) is 18.4 Å². The number of ether oxygens (including phenoxy) is 3. The molecule has 2 aromatic rings. The third-order valence-electron chi connectivity index (χ3n) is 4.67. The highest BCUT2D eigenvalue weighted by atomic mass is 32.2. The number of aryl methyl sites for hydroxylation is 1. The van der Waals surface area contributed by atoms with Gasteiger partial charge in [0.15, 0.2) is 16.9 Å². The molecule has 0 aromatic heterocycles. The van der Waals surface area contributed by atoms with Crippen molar-refractivity contribution in [1.29, 1.82) is 0 Å². The highest BCUT2D eigenvalue weighted by Gasteiger charge is 2.27. The first-order valence-electron chi connectivity index (χ1n) is 8.35. The molecule has 1 N–H and O–H groups in total. The standard InChI is InChI=1S/C20H21NO5S/c1-24-16-9-11-5-7-14(21-23)13-10-15(22)17(27-4)8-6-12(13)18(11)20(26-3)19(16)25-2/h6,8-10,23H,5,7H2,1-4H3/b21-14-. The minimum Gasteiger partial charge on any atom is -0.493 e. The zero-order chi connectivity index (χ0) is 19.6. The number of hydrogen-bond donors (Lipinski definition) is 1. The molecule has 0 heterocycles.